The van der Waals surface area contributed by atoms with Gasteiger partial charge in [0.25, 0.3) is 0 Å². The molecule has 0 aromatic heterocycles. The van der Waals surface area contributed by atoms with Crippen LogP contribution in [0.2, 0.25) is 5.02 Å². The summed E-state index contributed by atoms with van der Waals surface area (Å²) in [5.74, 6) is -0.314. The predicted octanol–water partition coefficient (Wildman–Crippen LogP) is 5.29. The van der Waals surface area contributed by atoms with Gasteiger partial charge in [-0.25, -0.2) is 4.79 Å². The Morgan fingerprint density at radius 1 is 1.31 bits per heavy atom. The smallest absolute Gasteiger partial charge is 0.346 e. The number of aryl methyl sites for hydroxylation is 1. The maximum Gasteiger partial charge on any atom is 0.346 e. The molecule has 0 saturated carbocycles. The molecular weight excluding hydrogens is 396 g/mol. The number of carbonyl (C=O) groups excluding carboxylic acids is 1. The van der Waals surface area contributed by atoms with Crippen LogP contribution in [0.15, 0.2) is 18.2 Å². The number of aliphatic hydroxyl groups is 1. The number of rotatable bonds is 3. The molecule has 29 heavy (non-hydrogen) atoms. The lowest BCUT2D eigenvalue weighted by Crippen LogP contribution is -2.16. The van der Waals surface area contributed by atoms with Gasteiger partial charge in [-0.3, -0.25) is 0 Å². The molecule has 0 spiro atoms. The number of aliphatic hydroxyl groups excluding tert-OH is 1. The van der Waals surface area contributed by atoms with Crippen molar-refractivity contribution in [1.29, 1.82) is 0 Å². The SMILES string of the molecule is COc1c([C@@H](O)CC(C)(C)C)ccc2c1C(=O)OCc1c(Cl)c(C)cc(O)c1O2. The first-order chi connectivity index (χ1) is 13.5. The predicted molar refractivity (Wildman–Crippen MR) is 109 cm³/mol. The first-order valence-corrected chi connectivity index (χ1v) is 9.66. The number of hydrogen-bond donors (Lipinski definition) is 2. The zero-order chi connectivity index (χ0) is 21.5. The zero-order valence-corrected chi connectivity index (χ0v) is 17.9. The van der Waals surface area contributed by atoms with E-state index >= 15 is 0 Å². The Balaban J connectivity index is 2.15. The largest absolute Gasteiger partial charge is 0.504 e. The van der Waals surface area contributed by atoms with Crippen molar-refractivity contribution < 1.29 is 29.2 Å². The first kappa shape index (κ1) is 21.3. The van der Waals surface area contributed by atoms with Crippen molar-refractivity contribution in [2.75, 3.05) is 7.11 Å². The topological polar surface area (TPSA) is 85.2 Å². The van der Waals surface area contributed by atoms with Crippen molar-refractivity contribution in [2.24, 2.45) is 5.41 Å². The molecule has 1 atom stereocenters. The Morgan fingerprint density at radius 3 is 2.62 bits per heavy atom. The molecule has 7 heteroatoms. The summed E-state index contributed by atoms with van der Waals surface area (Å²) in [6, 6.07) is 4.70. The Morgan fingerprint density at radius 2 is 2.00 bits per heavy atom. The van der Waals surface area contributed by atoms with Gasteiger partial charge in [-0.2, -0.15) is 0 Å². The molecule has 156 valence electrons. The van der Waals surface area contributed by atoms with Crippen LogP contribution >= 0.6 is 11.6 Å². The molecule has 0 unspecified atom stereocenters. The second-order valence-electron chi connectivity index (χ2n) is 8.35. The molecule has 0 saturated heterocycles. The van der Waals surface area contributed by atoms with Gasteiger partial charge in [-0.15, -0.1) is 0 Å². The van der Waals surface area contributed by atoms with Crippen LogP contribution in [0.25, 0.3) is 0 Å². The van der Waals surface area contributed by atoms with Crippen LogP contribution in [-0.4, -0.2) is 23.3 Å². The lowest BCUT2D eigenvalue weighted by Gasteiger charge is -2.26. The number of cyclic esters (lactones) is 1. The minimum atomic E-state index is -0.841. The van der Waals surface area contributed by atoms with Crippen LogP contribution in [0.4, 0.5) is 0 Å². The number of methoxy groups -OCH3 is 1. The van der Waals surface area contributed by atoms with Gasteiger partial charge >= 0.3 is 5.97 Å². The molecule has 1 aliphatic rings. The Hall–Kier alpha value is -2.44. The summed E-state index contributed by atoms with van der Waals surface area (Å²) in [5.41, 5.74) is 1.42. The first-order valence-electron chi connectivity index (χ1n) is 9.28. The van der Waals surface area contributed by atoms with Gasteiger partial charge in [0, 0.05) is 5.56 Å². The van der Waals surface area contributed by atoms with Gasteiger partial charge in [-0.05, 0) is 42.5 Å². The van der Waals surface area contributed by atoms with Gasteiger partial charge in [0.05, 0.1) is 23.8 Å². The lowest BCUT2D eigenvalue weighted by atomic mass is 9.86. The number of phenolic OH excluding ortho intramolecular Hbond substituents is 1. The number of esters is 1. The van der Waals surface area contributed by atoms with Crippen LogP contribution in [0.5, 0.6) is 23.0 Å². The highest BCUT2D eigenvalue weighted by Crippen LogP contribution is 2.46. The third kappa shape index (κ3) is 4.14. The number of ether oxygens (including phenoxy) is 3. The van der Waals surface area contributed by atoms with E-state index in [4.69, 9.17) is 25.8 Å². The summed E-state index contributed by atoms with van der Waals surface area (Å²) in [4.78, 5) is 12.8. The van der Waals surface area contributed by atoms with E-state index < -0.39 is 12.1 Å². The highest BCUT2D eigenvalue weighted by atomic mass is 35.5. The molecule has 0 aliphatic carbocycles. The van der Waals surface area contributed by atoms with E-state index in [2.05, 4.69) is 0 Å². The average Bonchev–Trinajstić information content (AvgIpc) is 2.61. The minimum absolute atomic E-state index is 0.0553. The second kappa shape index (κ2) is 7.76. The van der Waals surface area contributed by atoms with Gasteiger partial charge in [0.2, 0.25) is 0 Å². The zero-order valence-electron chi connectivity index (χ0n) is 17.1. The molecule has 2 aromatic carbocycles. The van der Waals surface area contributed by atoms with Crippen molar-refractivity contribution in [3.05, 3.63) is 45.5 Å². The standard InChI is InChI=1S/C22H25ClO6/c1-11-8-14(24)19-13(18(11)23)10-28-21(26)17-16(29-19)7-6-12(20(17)27-5)15(25)9-22(2,3)4/h6-8,15,24-25H,9-10H2,1-5H3/t15-/m0/s1. The normalized spacial score (nSPS) is 14.7. The molecule has 0 bridgehead atoms. The van der Waals surface area contributed by atoms with Gasteiger partial charge in [0.1, 0.15) is 23.7 Å². The van der Waals surface area contributed by atoms with E-state index in [9.17, 15) is 15.0 Å². The Labute approximate surface area is 175 Å². The summed E-state index contributed by atoms with van der Waals surface area (Å²) in [7, 11) is 1.42. The number of fused-ring (bicyclic) bond motifs is 2. The van der Waals surface area contributed by atoms with E-state index in [1.165, 1.54) is 13.2 Å². The highest BCUT2D eigenvalue weighted by Gasteiger charge is 2.31. The van der Waals surface area contributed by atoms with Crippen LogP contribution in [0, 0.1) is 12.3 Å². The minimum Gasteiger partial charge on any atom is -0.504 e. The lowest BCUT2D eigenvalue weighted by molar-refractivity contribution is 0.0454. The van der Waals surface area contributed by atoms with Crippen LogP contribution in [-0.2, 0) is 11.3 Å². The average molecular weight is 421 g/mol. The summed E-state index contributed by atoms with van der Waals surface area (Å²) < 4.78 is 16.8. The third-order valence-corrected chi connectivity index (χ3v) is 5.28. The molecule has 2 N–H and O–H groups in total. The molecule has 0 amide bonds. The molecule has 1 aliphatic heterocycles. The Bertz CT molecular complexity index is 961. The molecule has 0 radical (unpaired) electrons. The molecule has 0 fully saturated rings. The van der Waals surface area contributed by atoms with Crippen molar-refractivity contribution in [3.63, 3.8) is 0 Å². The van der Waals surface area contributed by atoms with Crippen molar-refractivity contribution in [3.8, 4) is 23.0 Å². The highest BCUT2D eigenvalue weighted by molar-refractivity contribution is 6.32. The van der Waals surface area contributed by atoms with Crippen LogP contribution < -0.4 is 9.47 Å². The third-order valence-electron chi connectivity index (χ3n) is 4.75. The van der Waals surface area contributed by atoms with Gasteiger partial charge in [0.15, 0.2) is 11.5 Å². The van der Waals surface area contributed by atoms with Gasteiger partial charge < -0.3 is 24.4 Å². The molecule has 1 heterocycles. The Kier molecular flexibility index (Phi) is 5.70. The van der Waals surface area contributed by atoms with E-state index in [-0.39, 0.29) is 40.6 Å². The molecule has 3 rings (SSSR count). The van der Waals surface area contributed by atoms with E-state index in [1.807, 2.05) is 20.8 Å². The molecular formula is C22H25ClO6. The van der Waals surface area contributed by atoms with Crippen molar-refractivity contribution in [1.82, 2.24) is 0 Å². The fourth-order valence-electron chi connectivity index (χ4n) is 3.42. The molecule has 6 nitrogen and oxygen atoms in total. The monoisotopic (exact) mass is 420 g/mol. The summed E-state index contributed by atoms with van der Waals surface area (Å²) in [6.45, 7) is 7.61. The number of phenols is 1. The number of aromatic hydroxyl groups is 1. The summed E-state index contributed by atoms with van der Waals surface area (Å²) >= 11 is 6.33. The van der Waals surface area contributed by atoms with Crippen LogP contribution in [0.3, 0.4) is 0 Å². The van der Waals surface area contributed by atoms with Crippen molar-refractivity contribution in [2.45, 2.75) is 46.8 Å². The fourth-order valence-corrected chi connectivity index (χ4v) is 3.62. The van der Waals surface area contributed by atoms with E-state index in [1.54, 1.807) is 19.1 Å². The maximum atomic E-state index is 12.8. The van der Waals surface area contributed by atoms with Crippen molar-refractivity contribution >= 4 is 17.6 Å². The quantitative estimate of drug-likeness (QED) is 0.656. The summed E-state index contributed by atoms with van der Waals surface area (Å²) in [6.07, 6.45) is -0.373. The maximum absolute atomic E-state index is 12.8. The second-order valence-corrected chi connectivity index (χ2v) is 8.73. The number of benzene rings is 2. The van der Waals surface area contributed by atoms with Gasteiger partial charge in [-0.1, -0.05) is 32.4 Å². The number of halogens is 1. The van der Waals surface area contributed by atoms with Crippen LogP contribution in [0.1, 0.15) is 60.3 Å². The van der Waals surface area contributed by atoms with E-state index in [0.717, 1.165) is 0 Å². The number of carbonyl (C=O) groups is 1. The molecule has 2 aromatic rings. The number of hydrogen-bond acceptors (Lipinski definition) is 6. The summed E-state index contributed by atoms with van der Waals surface area (Å²) in [5, 5.41) is 21.5. The fraction of sp³-hybridized carbons (Fsp3) is 0.409. The van der Waals surface area contributed by atoms with E-state index in [0.29, 0.717) is 28.1 Å².